The van der Waals surface area contributed by atoms with Gasteiger partial charge in [0.25, 0.3) is 0 Å². The van der Waals surface area contributed by atoms with Gasteiger partial charge in [-0.05, 0) is 49.9 Å². The lowest BCUT2D eigenvalue weighted by Crippen LogP contribution is -2.34. The monoisotopic (exact) mass is 292 g/mol. The van der Waals surface area contributed by atoms with Crippen LogP contribution in [0.25, 0.3) is 0 Å². The Morgan fingerprint density at radius 3 is 2.57 bits per heavy atom. The van der Waals surface area contributed by atoms with Gasteiger partial charge in [0.05, 0.1) is 6.61 Å². The number of benzene rings is 1. The summed E-state index contributed by atoms with van der Waals surface area (Å²) in [4.78, 5) is 13.6. The maximum absolute atomic E-state index is 11.3. The molecule has 116 valence electrons. The molecule has 1 aliphatic rings. The van der Waals surface area contributed by atoms with E-state index in [1.807, 2.05) is 12.1 Å². The molecule has 1 fully saturated rings. The number of carbonyl (C=O) groups excluding carboxylic acids is 1. The minimum Gasteiger partial charge on any atom is -0.465 e. The molecule has 0 radical (unpaired) electrons. The highest BCUT2D eigenvalue weighted by atomic mass is 16.5. The lowest BCUT2D eigenvalue weighted by atomic mass is 9.97. The van der Waals surface area contributed by atoms with Gasteiger partial charge in [0.1, 0.15) is 6.54 Å². The van der Waals surface area contributed by atoms with Gasteiger partial charge < -0.3 is 20.1 Å². The topological polar surface area (TPSA) is 61.8 Å². The van der Waals surface area contributed by atoms with E-state index in [0.29, 0.717) is 19.1 Å². The van der Waals surface area contributed by atoms with Crippen LogP contribution in [0.15, 0.2) is 24.3 Å². The molecule has 1 aromatic rings. The molecule has 21 heavy (non-hydrogen) atoms. The number of piperidine rings is 1. The third kappa shape index (κ3) is 4.63. The van der Waals surface area contributed by atoms with Gasteiger partial charge >= 0.3 is 5.97 Å². The summed E-state index contributed by atoms with van der Waals surface area (Å²) in [7, 11) is 0. The van der Waals surface area contributed by atoms with Crippen LogP contribution in [-0.4, -0.2) is 43.9 Å². The Hall–Kier alpha value is -1.75. The molecule has 0 aromatic heterocycles. The molecule has 0 aliphatic carbocycles. The predicted octanol–water partition coefficient (Wildman–Crippen LogP) is 1.87. The number of nitrogens with one attached hydrogen (secondary N) is 1. The summed E-state index contributed by atoms with van der Waals surface area (Å²) in [5.74, 6) is 0.208. The number of hydrogen-bond donors (Lipinski definition) is 2. The van der Waals surface area contributed by atoms with E-state index in [0.717, 1.165) is 31.6 Å². The smallest absolute Gasteiger partial charge is 0.325 e. The van der Waals surface area contributed by atoms with Crippen LogP contribution in [0, 0.1) is 5.92 Å². The molecule has 1 saturated heterocycles. The third-order valence-corrected chi connectivity index (χ3v) is 3.85. The summed E-state index contributed by atoms with van der Waals surface area (Å²) >= 11 is 0. The average molecular weight is 292 g/mol. The van der Waals surface area contributed by atoms with Gasteiger partial charge in [0.15, 0.2) is 0 Å². The highest BCUT2D eigenvalue weighted by Gasteiger charge is 2.18. The normalized spacial score (nSPS) is 15.8. The van der Waals surface area contributed by atoms with Gasteiger partial charge in [-0.3, -0.25) is 4.79 Å². The fraction of sp³-hybridized carbons (Fsp3) is 0.562. The van der Waals surface area contributed by atoms with Gasteiger partial charge in [-0.1, -0.05) is 0 Å². The maximum atomic E-state index is 11.3. The Morgan fingerprint density at radius 1 is 1.33 bits per heavy atom. The molecule has 0 atom stereocenters. The van der Waals surface area contributed by atoms with Crippen LogP contribution in [0.1, 0.15) is 19.8 Å². The van der Waals surface area contributed by atoms with E-state index in [4.69, 9.17) is 9.84 Å². The number of rotatable bonds is 6. The summed E-state index contributed by atoms with van der Waals surface area (Å²) in [5, 5.41) is 12.2. The first-order valence-electron chi connectivity index (χ1n) is 7.58. The molecule has 2 N–H and O–H groups in total. The summed E-state index contributed by atoms with van der Waals surface area (Å²) in [5.41, 5.74) is 2.10. The van der Waals surface area contributed by atoms with Crippen LogP contribution in [0.3, 0.4) is 0 Å². The van der Waals surface area contributed by atoms with Crippen molar-refractivity contribution in [2.75, 3.05) is 43.1 Å². The van der Waals surface area contributed by atoms with Crippen LogP contribution >= 0.6 is 0 Å². The molecule has 0 amide bonds. The molecule has 5 nitrogen and oxygen atoms in total. The van der Waals surface area contributed by atoms with Crippen molar-refractivity contribution in [3.63, 3.8) is 0 Å². The van der Waals surface area contributed by atoms with E-state index >= 15 is 0 Å². The zero-order valence-electron chi connectivity index (χ0n) is 12.5. The van der Waals surface area contributed by atoms with Crippen LogP contribution in [-0.2, 0) is 9.53 Å². The van der Waals surface area contributed by atoms with Crippen LogP contribution < -0.4 is 10.2 Å². The van der Waals surface area contributed by atoms with Crippen LogP contribution in [0.2, 0.25) is 0 Å². The molecule has 0 saturated carbocycles. The zero-order chi connectivity index (χ0) is 15.1. The van der Waals surface area contributed by atoms with Gasteiger partial charge in [-0.2, -0.15) is 0 Å². The Labute approximate surface area is 125 Å². The van der Waals surface area contributed by atoms with E-state index in [1.165, 1.54) is 5.69 Å². The Balaban J connectivity index is 1.83. The highest BCUT2D eigenvalue weighted by Crippen LogP contribution is 2.24. The highest BCUT2D eigenvalue weighted by molar-refractivity contribution is 5.75. The van der Waals surface area contributed by atoms with E-state index in [2.05, 4.69) is 22.3 Å². The fourth-order valence-electron chi connectivity index (χ4n) is 2.55. The lowest BCUT2D eigenvalue weighted by Gasteiger charge is -2.33. The predicted molar refractivity (Wildman–Crippen MR) is 83.6 cm³/mol. The first-order chi connectivity index (χ1) is 10.2. The van der Waals surface area contributed by atoms with E-state index in [9.17, 15) is 4.79 Å². The quantitative estimate of drug-likeness (QED) is 0.784. The molecule has 1 aromatic carbocycles. The largest absolute Gasteiger partial charge is 0.465 e. The number of carbonyl (C=O) groups is 1. The van der Waals surface area contributed by atoms with Crippen LogP contribution in [0.5, 0.6) is 0 Å². The second-order valence-electron chi connectivity index (χ2n) is 5.32. The number of aliphatic hydroxyl groups excluding tert-OH is 1. The minimum atomic E-state index is -0.243. The van der Waals surface area contributed by atoms with Crippen LogP contribution in [0.4, 0.5) is 11.4 Å². The molecule has 5 heteroatoms. The summed E-state index contributed by atoms with van der Waals surface area (Å²) in [6.45, 7) is 4.66. The molecule has 0 unspecified atom stereocenters. The Kier molecular flexibility index (Phi) is 5.87. The second-order valence-corrected chi connectivity index (χ2v) is 5.32. The number of nitrogens with zero attached hydrogens (tertiary/aromatic N) is 1. The van der Waals surface area contributed by atoms with Gasteiger partial charge in [0.2, 0.25) is 0 Å². The van der Waals surface area contributed by atoms with E-state index in [-0.39, 0.29) is 12.5 Å². The summed E-state index contributed by atoms with van der Waals surface area (Å²) < 4.78 is 4.87. The summed E-state index contributed by atoms with van der Waals surface area (Å²) in [6.07, 6.45) is 2.08. The first kappa shape index (κ1) is 15.6. The molecule has 1 heterocycles. The Morgan fingerprint density at radius 2 is 2.00 bits per heavy atom. The molecule has 0 bridgehead atoms. The summed E-state index contributed by atoms with van der Waals surface area (Å²) in [6, 6.07) is 8.08. The van der Waals surface area contributed by atoms with Gasteiger partial charge in [-0.25, -0.2) is 0 Å². The van der Waals surface area contributed by atoms with Crippen molar-refractivity contribution in [1.29, 1.82) is 0 Å². The molecule has 1 aliphatic heterocycles. The van der Waals surface area contributed by atoms with Crippen molar-refractivity contribution in [1.82, 2.24) is 0 Å². The van der Waals surface area contributed by atoms with Crippen molar-refractivity contribution in [2.45, 2.75) is 19.8 Å². The fourth-order valence-corrected chi connectivity index (χ4v) is 2.55. The molecular formula is C16H24N2O3. The second kappa shape index (κ2) is 7.88. The standard InChI is InChI=1S/C16H24N2O3/c1-2-21-16(20)11-17-14-3-5-15(6-4-14)18-9-7-13(12-19)8-10-18/h3-6,13,17,19H,2,7-12H2,1H3. The third-order valence-electron chi connectivity index (χ3n) is 3.85. The van der Waals surface area contributed by atoms with Crippen molar-refractivity contribution in [3.8, 4) is 0 Å². The number of anilines is 2. The van der Waals surface area contributed by atoms with Crippen molar-refractivity contribution in [2.24, 2.45) is 5.92 Å². The molecule has 0 spiro atoms. The van der Waals surface area contributed by atoms with E-state index in [1.54, 1.807) is 6.92 Å². The number of esters is 1. The SMILES string of the molecule is CCOC(=O)CNc1ccc(N2CCC(CO)CC2)cc1. The minimum absolute atomic E-state index is 0.190. The number of ether oxygens (including phenoxy) is 1. The van der Waals surface area contributed by atoms with E-state index < -0.39 is 0 Å². The first-order valence-corrected chi connectivity index (χ1v) is 7.58. The molecular weight excluding hydrogens is 268 g/mol. The number of aliphatic hydroxyl groups is 1. The van der Waals surface area contributed by atoms with Gasteiger partial charge in [0, 0.05) is 31.1 Å². The zero-order valence-corrected chi connectivity index (χ0v) is 12.5. The van der Waals surface area contributed by atoms with Crippen molar-refractivity contribution < 1.29 is 14.6 Å². The molecule has 2 rings (SSSR count). The lowest BCUT2D eigenvalue weighted by molar-refractivity contribution is -0.140. The maximum Gasteiger partial charge on any atom is 0.325 e. The Bertz CT molecular complexity index is 439. The number of hydrogen-bond acceptors (Lipinski definition) is 5. The van der Waals surface area contributed by atoms with Gasteiger partial charge in [-0.15, -0.1) is 0 Å². The van der Waals surface area contributed by atoms with Crippen molar-refractivity contribution in [3.05, 3.63) is 24.3 Å². The average Bonchev–Trinajstić information content (AvgIpc) is 2.54. The van der Waals surface area contributed by atoms with Crippen molar-refractivity contribution >= 4 is 17.3 Å².